The molecule has 1 heterocycles. The van der Waals surface area contributed by atoms with E-state index in [-0.39, 0.29) is 33.3 Å². The average molecular weight is 344 g/mol. The lowest BCUT2D eigenvalue weighted by Gasteiger charge is -2.05. The van der Waals surface area contributed by atoms with Crippen molar-refractivity contribution in [2.75, 3.05) is 0 Å². The van der Waals surface area contributed by atoms with Crippen LogP contribution >= 0.6 is 0 Å². The Morgan fingerprint density at radius 3 is 2.19 bits per heavy atom. The van der Waals surface area contributed by atoms with Gasteiger partial charge in [0.25, 0.3) is 0 Å². The van der Waals surface area contributed by atoms with Crippen molar-refractivity contribution >= 4 is 33.7 Å². The molecule has 126 valence electrons. The van der Waals surface area contributed by atoms with Crippen LogP contribution in [0, 0.1) is 0 Å². The second-order valence-corrected chi connectivity index (χ2v) is 5.85. The maximum absolute atomic E-state index is 12.7. The molecule has 0 amide bonds. The van der Waals surface area contributed by atoms with E-state index in [1.165, 1.54) is 30.3 Å². The largest absolute Gasteiger partial charge is 0.478 e. The number of hydrogen-bond donors (Lipinski definition) is 1. The lowest BCUT2D eigenvalue weighted by Crippen LogP contribution is -2.06. The van der Waals surface area contributed by atoms with Crippen LogP contribution in [0.1, 0.15) is 26.3 Å². The van der Waals surface area contributed by atoms with Crippen molar-refractivity contribution in [2.24, 2.45) is 0 Å². The van der Waals surface area contributed by atoms with Gasteiger partial charge < -0.3 is 9.52 Å². The van der Waals surface area contributed by atoms with E-state index >= 15 is 0 Å². The maximum atomic E-state index is 12.7. The quantitative estimate of drug-likeness (QED) is 0.450. The fourth-order valence-corrected chi connectivity index (χ4v) is 2.88. The van der Waals surface area contributed by atoms with Gasteiger partial charge in [0, 0.05) is 11.1 Å². The van der Waals surface area contributed by atoms with Gasteiger partial charge in [0.05, 0.1) is 16.3 Å². The molecule has 0 fully saturated rings. The van der Waals surface area contributed by atoms with Crippen molar-refractivity contribution < 1.29 is 19.1 Å². The maximum Gasteiger partial charge on any atom is 0.335 e. The smallest absolute Gasteiger partial charge is 0.335 e. The number of benzene rings is 3. The van der Waals surface area contributed by atoms with Gasteiger partial charge in [0.2, 0.25) is 5.43 Å². The molecule has 5 nitrogen and oxygen atoms in total. The van der Waals surface area contributed by atoms with Crippen molar-refractivity contribution in [3.8, 4) is 0 Å². The third-order valence-electron chi connectivity index (χ3n) is 4.22. The van der Waals surface area contributed by atoms with Crippen molar-refractivity contribution in [3.63, 3.8) is 0 Å². The molecule has 0 aliphatic rings. The van der Waals surface area contributed by atoms with E-state index in [9.17, 15) is 14.4 Å². The molecule has 0 unspecified atom stereocenters. The van der Waals surface area contributed by atoms with Crippen LogP contribution in [0.2, 0.25) is 0 Å². The summed E-state index contributed by atoms with van der Waals surface area (Å²) in [5.74, 6) is -1.29. The van der Waals surface area contributed by atoms with Crippen molar-refractivity contribution in [2.45, 2.75) is 0 Å². The van der Waals surface area contributed by atoms with E-state index < -0.39 is 5.97 Å². The summed E-state index contributed by atoms with van der Waals surface area (Å²) >= 11 is 0. The highest BCUT2D eigenvalue weighted by molar-refractivity contribution is 6.10. The highest BCUT2D eigenvalue weighted by atomic mass is 16.4. The molecule has 0 bridgehead atoms. The first-order valence-corrected chi connectivity index (χ1v) is 7.88. The van der Waals surface area contributed by atoms with E-state index in [1.54, 1.807) is 30.3 Å². The molecule has 1 aromatic heterocycles. The lowest BCUT2D eigenvalue weighted by atomic mass is 10.0. The van der Waals surface area contributed by atoms with Crippen molar-refractivity contribution in [3.05, 3.63) is 93.6 Å². The number of aromatic carboxylic acids is 1. The first-order chi connectivity index (χ1) is 12.5. The Morgan fingerprint density at radius 2 is 1.46 bits per heavy atom. The van der Waals surface area contributed by atoms with Gasteiger partial charge in [-0.05, 0) is 30.3 Å². The Morgan fingerprint density at radius 1 is 0.731 bits per heavy atom. The number of rotatable bonds is 3. The Balaban J connectivity index is 1.90. The number of ketones is 1. The molecule has 0 atom stereocenters. The second-order valence-electron chi connectivity index (χ2n) is 5.85. The van der Waals surface area contributed by atoms with Crippen LogP contribution in [-0.4, -0.2) is 16.9 Å². The van der Waals surface area contributed by atoms with Gasteiger partial charge in [-0.3, -0.25) is 9.59 Å². The molecule has 26 heavy (non-hydrogen) atoms. The van der Waals surface area contributed by atoms with E-state index in [2.05, 4.69) is 0 Å². The molecule has 0 radical (unpaired) electrons. The topological polar surface area (TPSA) is 84.6 Å². The van der Waals surface area contributed by atoms with E-state index in [4.69, 9.17) is 9.52 Å². The monoisotopic (exact) mass is 344 g/mol. The number of carbonyl (C=O) groups excluding carboxylic acids is 1. The normalized spacial score (nSPS) is 10.9. The zero-order valence-corrected chi connectivity index (χ0v) is 13.4. The minimum Gasteiger partial charge on any atom is -0.478 e. The predicted molar refractivity (Wildman–Crippen MR) is 96.8 cm³/mol. The summed E-state index contributed by atoms with van der Waals surface area (Å²) < 4.78 is 5.74. The molecule has 0 aliphatic heterocycles. The van der Waals surface area contributed by atoms with Crippen molar-refractivity contribution in [1.82, 2.24) is 0 Å². The SMILES string of the molecule is O=C(O)c1ccc2oc3cc(C(=O)c4ccccc4)ccc3c(=O)c2c1. The van der Waals surface area contributed by atoms with Gasteiger partial charge in [-0.2, -0.15) is 0 Å². The molecule has 0 aliphatic carbocycles. The number of carbonyl (C=O) groups is 2. The zero-order valence-electron chi connectivity index (χ0n) is 13.4. The van der Waals surface area contributed by atoms with Gasteiger partial charge >= 0.3 is 5.97 Å². The third-order valence-corrected chi connectivity index (χ3v) is 4.22. The van der Waals surface area contributed by atoms with Crippen LogP contribution in [0.15, 0.2) is 75.9 Å². The first-order valence-electron chi connectivity index (χ1n) is 7.88. The van der Waals surface area contributed by atoms with Crippen LogP contribution in [0.25, 0.3) is 21.9 Å². The summed E-state index contributed by atoms with van der Waals surface area (Å²) in [4.78, 5) is 36.4. The molecule has 3 aromatic carbocycles. The predicted octanol–water partition coefficient (Wildman–Crippen LogP) is 3.88. The molecule has 5 heteroatoms. The van der Waals surface area contributed by atoms with Gasteiger partial charge in [-0.15, -0.1) is 0 Å². The fourth-order valence-electron chi connectivity index (χ4n) is 2.88. The van der Waals surface area contributed by atoms with Gasteiger partial charge in [0.15, 0.2) is 5.78 Å². The lowest BCUT2D eigenvalue weighted by molar-refractivity contribution is 0.0697. The summed E-state index contributed by atoms with van der Waals surface area (Å²) in [6.45, 7) is 0. The first kappa shape index (κ1) is 15.8. The molecule has 4 aromatic rings. The molecular weight excluding hydrogens is 332 g/mol. The summed E-state index contributed by atoms with van der Waals surface area (Å²) in [6, 6.07) is 17.6. The van der Waals surface area contributed by atoms with Crippen LogP contribution in [0.4, 0.5) is 0 Å². The Bertz CT molecular complexity index is 1240. The molecular formula is C21H12O5. The summed E-state index contributed by atoms with van der Waals surface area (Å²) in [5.41, 5.74) is 1.20. The number of hydrogen-bond acceptors (Lipinski definition) is 4. The fraction of sp³-hybridized carbons (Fsp3) is 0. The standard InChI is InChI=1S/C21H12O5/c22-19(12-4-2-1-3-5-12)13-6-8-15-18(11-13)26-17-9-7-14(21(24)25)10-16(17)20(15)23/h1-11H,(H,24,25). The highest BCUT2D eigenvalue weighted by Crippen LogP contribution is 2.22. The van der Waals surface area contributed by atoms with Gasteiger partial charge in [0.1, 0.15) is 11.2 Å². The Kier molecular flexibility index (Phi) is 3.62. The average Bonchev–Trinajstić information content (AvgIpc) is 2.67. The number of carboxylic acids is 1. The van der Waals surface area contributed by atoms with Crippen LogP contribution in [0.5, 0.6) is 0 Å². The van der Waals surface area contributed by atoms with Gasteiger partial charge in [-0.25, -0.2) is 4.79 Å². The third kappa shape index (κ3) is 2.56. The number of carboxylic acid groups (broad SMARTS) is 1. The molecule has 4 rings (SSSR count). The van der Waals surface area contributed by atoms with E-state index in [0.717, 1.165) is 0 Å². The van der Waals surface area contributed by atoms with Crippen LogP contribution < -0.4 is 5.43 Å². The van der Waals surface area contributed by atoms with Crippen LogP contribution in [-0.2, 0) is 0 Å². The van der Waals surface area contributed by atoms with E-state index in [1.807, 2.05) is 6.07 Å². The molecule has 0 saturated carbocycles. The molecule has 0 spiro atoms. The minimum absolute atomic E-state index is 0.0139. The van der Waals surface area contributed by atoms with E-state index in [0.29, 0.717) is 16.5 Å². The number of fused-ring (bicyclic) bond motifs is 2. The van der Waals surface area contributed by atoms with Crippen molar-refractivity contribution in [1.29, 1.82) is 0 Å². The molecule has 1 N–H and O–H groups in total. The Hall–Kier alpha value is -3.73. The van der Waals surface area contributed by atoms with Gasteiger partial charge in [-0.1, -0.05) is 36.4 Å². The summed E-state index contributed by atoms with van der Waals surface area (Å²) in [6.07, 6.45) is 0. The minimum atomic E-state index is -1.12. The highest BCUT2D eigenvalue weighted by Gasteiger charge is 2.14. The second kappa shape index (κ2) is 5.97. The molecule has 0 saturated heterocycles. The summed E-state index contributed by atoms with van der Waals surface area (Å²) in [7, 11) is 0. The summed E-state index contributed by atoms with van der Waals surface area (Å²) in [5, 5.41) is 9.57. The van der Waals surface area contributed by atoms with Crippen LogP contribution in [0.3, 0.4) is 0 Å². The zero-order chi connectivity index (χ0) is 18.3. The Labute approximate surface area is 147 Å².